The molecule has 0 saturated carbocycles. The smallest absolute Gasteiger partial charge is 0.240 e. The molecule has 0 aliphatic carbocycles. The second-order valence-corrected chi connectivity index (χ2v) is 7.94. The van der Waals surface area contributed by atoms with Crippen LogP contribution in [0.25, 0.3) is 17.0 Å². The Balaban J connectivity index is 1.43. The van der Waals surface area contributed by atoms with Crippen LogP contribution >= 0.6 is 0 Å². The molecule has 4 rings (SSSR count). The quantitative estimate of drug-likeness (QED) is 0.452. The van der Waals surface area contributed by atoms with Gasteiger partial charge in [-0.25, -0.2) is 21.9 Å². The van der Waals surface area contributed by atoms with E-state index in [4.69, 9.17) is 4.74 Å². The van der Waals surface area contributed by atoms with E-state index >= 15 is 0 Å². The van der Waals surface area contributed by atoms with Crippen LogP contribution in [0.5, 0.6) is 5.88 Å². The lowest BCUT2D eigenvalue weighted by molar-refractivity contribution is 0.306. The summed E-state index contributed by atoms with van der Waals surface area (Å²) < 4.78 is 60.0. The van der Waals surface area contributed by atoms with Gasteiger partial charge in [0.15, 0.2) is 11.5 Å². The van der Waals surface area contributed by atoms with E-state index in [0.29, 0.717) is 17.0 Å². The van der Waals surface area contributed by atoms with Crippen LogP contribution in [0.3, 0.4) is 0 Å². The second-order valence-electron chi connectivity index (χ2n) is 6.18. The zero-order valence-electron chi connectivity index (χ0n) is 15.4. The van der Waals surface area contributed by atoms with Crippen LogP contribution in [0.15, 0.2) is 65.6 Å². The van der Waals surface area contributed by atoms with Crippen molar-refractivity contribution in [1.82, 2.24) is 24.5 Å². The van der Waals surface area contributed by atoms with Gasteiger partial charge >= 0.3 is 0 Å². The van der Waals surface area contributed by atoms with E-state index in [-0.39, 0.29) is 29.7 Å². The Bertz CT molecular complexity index is 1290. The summed E-state index contributed by atoms with van der Waals surface area (Å²) in [6, 6.07) is 13.6. The molecule has 0 spiro atoms. The molecule has 8 nitrogen and oxygen atoms in total. The Morgan fingerprint density at radius 3 is 2.53 bits per heavy atom. The molecule has 0 saturated heterocycles. The van der Waals surface area contributed by atoms with E-state index in [0.717, 1.165) is 12.1 Å². The monoisotopic (exact) mass is 431 g/mol. The van der Waals surface area contributed by atoms with Gasteiger partial charge in [-0.05, 0) is 48.5 Å². The number of nitrogens with zero attached hydrogens (tertiary/aromatic N) is 4. The van der Waals surface area contributed by atoms with Crippen LogP contribution in [0.2, 0.25) is 0 Å². The Morgan fingerprint density at radius 2 is 1.77 bits per heavy atom. The molecule has 1 N–H and O–H groups in total. The van der Waals surface area contributed by atoms with Gasteiger partial charge in [-0.15, -0.1) is 15.3 Å². The van der Waals surface area contributed by atoms with Crippen LogP contribution in [0.1, 0.15) is 0 Å². The SMILES string of the molecule is O=S(=O)(NCCOc1ccc2nnc(-c3ccc(F)cc3)n2n1)c1cccc(F)c1. The molecule has 2 aromatic carbocycles. The second kappa shape index (κ2) is 8.13. The van der Waals surface area contributed by atoms with Gasteiger partial charge in [0.1, 0.15) is 18.2 Å². The van der Waals surface area contributed by atoms with Crippen molar-refractivity contribution >= 4 is 15.7 Å². The van der Waals surface area contributed by atoms with Gasteiger partial charge in [0, 0.05) is 18.2 Å². The zero-order valence-corrected chi connectivity index (χ0v) is 16.2. The molecule has 0 fully saturated rings. The summed E-state index contributed by atoms with van der Waals surface area (Å²) in [5.41, 5.74) is 1.09. The van der Waals surface area contributed by atoms with Gasteiger partial charge in [0.25, 0.3) is 0 Å². The molecule has 2 aromatic heterocycles. The first-order chi connectivity index (χ1) is 14.4. The van der Waals surface area contributed by atoms with Gasteiger partial charge in [-0.3, -0.25) is 0 Å². The summed E-state index contributed by atoms with van der Waals surface area (Å²) in [5.74, 6) is -0.388. The fraction of sp³-hybridized carbons (Fsp3) is 0.105. The molecule has 0 amide bonds. The number of aromatic nitrogens is 4. The largest absolute Gasteiger partial charge is 0.475 e. The van der Waals surface area contributed by atoms with Crippen molar-refractivity contribution in [2.24, 2.45) is 0 Å². The molecule has 154 valence electrons. The molecule has 2 heterocycles. The predicted molar refractivity (Wildman–Crippen MR) is 103 cm³/mol. The average Bonchev–Trinajstić information content (AvgIpc) is 3.15. The normalized spacial score (nSPS) is 11.7. The number of ether oxygens (including phenoxy) is 1. The third-order valence-corrected chi connectivity index (χ3v) is 5.55. The highest BCUT2D eigenvalue weighted by Gasteiger charge is 2.14. The molecule has 0 unspecified atom stereocenters. The fourth-order valence-electron chi connectivity index (χ4n) is 2.68. The van der Waals surface area contributed by atoms with Crippen LogP contribution in [0, 0.1) is 11.6 Å². The summed E-state index contributed by atoms with van der Waals surface area (Å²) in [7, 11) is -3.86. The highest BCUT2D eigenvalue weighted by atomic mass is 32.2. The Labute approximate surface area is 170 Å². The number of nitrogens with one attached hydrogen (secondary N) is 1. The third kappa shape index (κ3) is 4.26. The summed E-state index contributed by atoms with van der Waals surface area (Å²) in [5, 5.41) is 12.3. The summed E-state index contributed by atoms with van der Waals surface area (Å²) >= 11 is 0. The van der Waals surface area contributed by atoms with Crippen molar-refractivity contribution in [3.63, 3.8) is 0 Å². The van der Waals surface area contributed by atoms with Gasteiger partial charge in [0.2, 0.25) is 15.9 Å². The lowest BCUT2D eigenvalue weighted by Crippen LogP contribution is -2.28. The minimum absolute atomic E-state index is 0.0128. The van der Waals surface area contributed by atoms with Crippen LogP contribution in [-0.2, 0) is 10.0 Å². The first kappa shape index (κ1) is 19.9. The molecule has 11 heteroatoms. The summed E-state index contributed by atoms with van der Waals surface area (Å²) in [6.07, 6.45) is 0. The number of fused-ring (bicyclic) bond motifs is 1. The van der Waals surface area contributed by atoms with Gasteiger partial charge in [-0.2, -0.15) is 4.52 Å². The Morgan fingerprint density at radius 1 is 0.967 bits per heavy atom. The van der Waals surface area contributed by atoms with Crippen molar-refractivity contribution in [2.45, 2.75) is 4.90 Å². The van der Waals surface area contributed by atoms with Crippen molar-refractivity contribution in [1.29, 1.82) is 0 Å². The van der Waals surface area contributed by atoms with Crippen LogP contribution in [0.4, 0.5) is 8.78 Å². The lowest BCUT2D eigenvalue weighted by Gasteiger charge is -2.08. The molecule has 0 radical (unpaired) electrons. The van der Waals surface area contributed by atoms with Gasteiger partial charge < -0.3 is 4.74 Å². The molecular weight excluding hydrogens is 416 g/mol. The van der Waals surface area contributed by atoms with Gasteiger partial charge in [-0.1, -0.05) is 6.07 Å². The number of hydrogen-bond acceptors (Lipinski definition) is 6. The number of benzene rings is 2. The molecular formula is C19H15F2N5O3S. The van der Waals surface area contributed by atoms with E-state index in [9.17, 15) is 17.2 Å². The highest BCUT2D eigenvalue weighted by molar-refractivity contribution is 7.89. The molecule has 0 aliphatic rings. The van der Waals surface area contributed by atoms with E-state index < -0.39 is 15.8 Å². The van der Waals surface area contributed by atoms with E-state index in [1.165, 1.54) is 28.8 Å². The third-order valence-electron chi connectivity index (χ3n) is 4.09. The average molecular weight is 431 g/mol. The van der Waals surface area contributed by atoms with Gasteiger partial charge in [0.05, 0.1) is 4.90 Å². The Hall–Kier alpha value is -3.44. The maximum absolute atomic E-state index is 13.2. The zero-order chi connectivity index (χ0) is 21.1. The van der Waals surface area contributed by atoms with Crippen molar-refractivity contribution in [3.8, 4) is 17.3 Å². The minimum Gasteiger partial charge on any atom is -0.475 e. The highest BCUT2D eigenvalue weighted by Crippen LogP contribution is 2.19. The minimum atomic E-state index is -3.86. The molecule has 0 atom stereocenters. The van der Waals surface area contributed by atoms with E-state index in [1.54, 1.807) is 24.3 Å². The number of hydrogen-bond donors (Lipinski definition) is 1. The topological polar surface area (TPSA) is 98.5 Å². The number of rotatable bonds is 7. The number of sulfonamides is 1. The van der Waals surface area contributed by atoms with Crippen molar-refractivity contribution in [3.05, 3.63) is 72.3 Å². The predicted octanol–water partition coefficient (Wildman–Crippen LogP) is 2.43. The standard InChI is InChI=1S/C19H15F2N5O3S/c20-14-6-4-13(5-7-14)19-24-23-17-8-9-18(25-26(17)19)29-11-10-22-30(27,28)16-3-1-2-15(21)12-16/h1-9,12,22H,10-11H2. The molecule has 30 heavy (non-hydrogen) atoms. The molecule has 0 bridgehead atoms. The summed E-state index contributed by atoms with van der Waals surface area (Å²) in [6.45, 7) is -0.0629. The molecule has 0 aliphatic heterocycles. The number of halogens is 2. The van der Waals surface area contributed by atoms with Crippen molar-refractivity contribution < 1.29 is 21.9 Å². The first-order valence-corrected chi connectivity index (χ1v) is 10.3. The van der Waals surface area contributed by atoms with Crippen molar-refractivity contribution in [2.75, 3.05) is 13.2 Å². The van der Waals surface area contributed by atoms with Crippen LogP contribution in [-0.4, -0.2) is 41.4 Å². The van der Waals surface area contributed by atoms with Crippen LogP contribution < -0.4 is 9.46 Å². The van der Waals surface area contributed by atoms with E-state index in [2.05, 4.69) is 20.0 Å². The maximum Gasteiger partial charge on any atom is 0.240 e. The Kier molecular flexibility index (Phi) is 5.38. The van der Waals surface area contributed by atoms with E-state index in [1.807, 2.05) is 0 Å². The fourth-order valence-corrected chi connectivity index (χ4v) is 3.72. The lowest BCUT2D eigenvalue weighted by atomic mass is 10.2. The molecule has 4 aromatic rings. The maximum atomic E-state index is 13.2. The summed E-state index contributed by atoms with van der Waals surface area (Å²) in [4.78, 5) is -0.171. The first-order valence-electron chi connectivity index (χ1n) is 8.79.